The van der Waals surface area contributed by atoms with Crippen LogP contribution in [0, 0.1) is 11.3 Å². The molecule has 0 saturated carbocycles. The van der Waals surface area contributed by atoms with E-state index in [0.717, 1.165) is 16.5 Å². The van der Waals surface area contributed by atoms with Gasteiger partial charge in [0.1, 0.15) is 0 Å². The molecule has 112 valence electrons. The third-order valence-electron chi connectivity index (χ3n) is 3.34. The van der Waals surface area contributed by atoms with E-state index in [4.69, 9.17) is 5.11 Å². The molecule has 0 atom stereocenters. The summed E-state index contributed by atoms with van der Waals surface area (Å²) < 4.78 is 0. The van der Waals surface area contributed by atoms with E-state index in [1.807, 2.05) is 6.07 Å². The topological polar surface area (TPSA) is 102 Å². The Bertz CT molecular complexity index is 936. The summed E-state index contributed by atoms with van der Waals surface area (Å²) in [5.41, 5.74) is 3.27. The van der Waals surface area contributed by atoms with Crippen LogP contribution < -0.4 is 5.32 Å². The van der Waals surface area contributed by atoms with E-state index < -0.39 is 6.09 Å². The first-order valence-corrected chi connectivity index (χ1v) is 6.80. The number of benzene rings is 1. The molecule has 1 amide bonds. The van der Waals surface area contributed by atoms with Gasteiger partial charge in [-0.2, -0.15) is 5.26 Å². The standard InChI is InChI=1S/C17H12N4O2/c18-8-12(6-11-2-1-5-19-9-11)15-10-20-16-4-3-13(7-14(15)16)21-17(22)23/h1-7,9-10,20-21H,(H,22,23). The van der Waals surface area contributed by atoms with E-state index >= 15 is 0 Å². The number of hydrogen-bond donors (Lipinski definition) is 3. The maximum absolute atomic E-state index is 10.8. The molecule has 6 heteroatoms. The van der Waals surface area contributed by atoms with E-state index in [1.54, 1.807) is 48.9 Å². The number of carboxylic acid groups (broad SMARTS) is 1. The lowest BCUT2D eigenvalue weighted by Crippen LogP contribution is -2.06. The third-order valence-corrected chi connectivity index (χ3v) is 3.34. The van der Waals surface area contributed by atoms with Crippen molar-refractivity contribution in [2.45, 2.75) is 0 Å². The van der Waals surface area contributed by atoms with Crippen molar-refractivity contribution >= 4 is 34.3 Å². The molecule has 2 heterocycles. The second kappa shape index (κ2) is 6.03. The highest BCUT2D eigenvalue weighted by molar-refractivity contribution is 6.02. The van der Waals surface area contributed by atoms with Gasteiger partial charge in [-0.25, -0.2) is 4.79 Å². The summed E-state index contributed by atoms with van der Waals surface area (Å²) in [5, 5.41) is 21.4. The number of anilines is 1. The van der Waals surface area contributed by atoms with Crippen LogP contribution in [0.1, 0.15) is 11.1 Å². The highest BCUT2D eigenvalue weighted by Gasteiger charge is 2.10. The molecule has 0 radical (unpaired) electrons. The zero-order chi connectivity index (χ0) is 16.2. The molecule has 1 aromatic carbocycles. The molecule has 3 aromatic rings. The number of carbonyl (C=O) groups is 1. The van der Waals surface area contributed by atoms with Gasteiger partial charge in [0.05, 0.1) is 11.6 Å². The highest BCUT2D eigenvalue weighted by Crippen LogP contribution is 2.28. The smallest absolute Gasteiger partial charge is 0.409 e. The summed E-state index contributed by atoms with van der Waals surface area (Å²) in [6, 6.07) is 11.0. The first kappa shape index (κ1) is 14.4. The number of nitriles is 1. The van der Waals surface area contributed by atoms with Crippen LogP contribution in [0.3, 0.4) is 0 Å². The van der Waals surface area contributed by atoms with Crippen LogP contribution in [-0.2, 0) is 0 Å². The van der Waals surface area contributed by atoms with Gasteiger partial charge in [-0.1, -0.05) is 6.07 Å². The quantitative estimate of drug-likeness (QED) is 0.642. The van der Waals surface area contributed by atoms with Crippen molar-refractivity contribution in [2.75, 3.05) is 5.32 Å². The van der Waals surface area contributed by atoms with Gasteiger partial charge in [0.15, 0.2) is 0 Å². The van der Waals surface area contributed by atoms with Gasteiger partial charge in [-0.05, 0) is 35.9 Å². The number of aromatic amines is 1. The van der Waals surface area contributed by atoms with Gasteiger partial charge in [-0.3, -0.25) is 10.3 Å². The Morgan fingerprint density at radius 3 is 2.96 bits per heavy atom. The van der Waals surface area contributed by atoms with Crippen molar-refractivity contribution in [2.24, 2.45) is 0 Å². The molecule has 0 bridgehead atoms. The van der Waals surface area contributed by atoms with Crippen LogP contribution in [0.25, 0.3) is 22.6 Å². The number of hydrogen-bond acceptors (Lipinski definition) is 3. The van der Waals surface area contributed by atoms with Crippen molar-refractivity contribution in [3.8, 4) is 6.07 Å². The maximum atomic E-state index is 10.8. The highest BCUT2D eigenvalue weighted by atomic mass is 16.4. The molecule has 0 unspecified atom stereocenters. The van der Waals surface area contributed by atoms with Crippen molar-refractivity contribution in [3.63, 3.8) is 0 Å². The average Bonchev–Trinajstić information content (AvgIpc) is 2.96. The van der Waals surface area contributed by atoms with Crippen LogP contribution >= 0.6 is 0 Å². The Balaban J connectivity index is 2.09. The number of nitrogens with one attached hydrogen (secondary N) is 2. The molecule has 3 rings (SSSR count). The lowest BCUT2D eigenvalue weighted by Gasteiger charge is -2.02. The Labute approximate surface area is 131 Å². The van der Waals surface area contributed by atoms with Crippen LogP contribution in [0.4, 0.5) is 10.5 Å². The molecule has 23 heavy (non-hydrogen) atoms. The largest absolute Gasteiger partial charge is 0.465 e. The number of amides is 1. The van der Waals surface area contributed by atoms with Crippen LogP contribution in [-0.4, -0.2) is 21.2 Å². The van der Waals surface area contributed by atoms with Gasteiger partial charge >= 0.3 is 6.09 Å². The number of rotatable bonds is 3. The van der Waals surface area contributed by atoms with Crippen molar-refractivity contribution in [1.82, 2.24) is 9.97 Å². The van der Waals surface area contributed by atoms with E-state index in [1.165, 1.54) is 0 Å². The normalized spacial score (nSPS) is 11.2. The zero-order valence-corrected chi connectivity index (χ0v) is 11.9. The molecule has 3 N–H and O–H groups in total. The summed E-state index contributed by atoms with van der Waals surface area (Å²) in [7, 11) is 0. The van der Waals surface area contributed by atoms with Crippen LogP contribution in [0.15, 0.2) is 48.9 Å². The summed E-state index contributed by atoms with van der Waals surface area (Å²) in [6.07, 6.45) is 5.68. The second-order valence-electron chi connectivity index (χ2n) is 4.85. The maximum Gasteiger partial charge on any atom is 0.409 e. The fourth-order valence-corrected chi connectivity index (χ4v) is 2.34. The second-order valence-corrected chi connectivity index (χ2v) is 4.85. The number of allylic oxidation sites excluding steroid dienone is 1. The zero-order valence-electron chi connectivity index (χ0n) is 11.9. The fraction of sp³-hybridized carbons (Fsp3) is 0. The number of fused-ring (bicyclic) bond motifs is 1. The van der Waals surface area contributed by atoms with E-state index in [2.05, 4.69) is 21.4 Å². The fourth-order valence-electron chi connectivity index (χ4n) is 2.34. The molecule has 0 fully saturated rings. The number of nitrogens with zero attached hydrogens (tertiary/aromatic N) is 2. The predicted octanol–water partition coefficient (Wildman–Crippen LogP) is 3.72. The van der Waals surface area contributed by atoms with Crippen LogP contribution in [0.2, 0.25) is 0 Å². The minimum Gasteiger partial charge on any atom is -0.465 e. The van der Waals surface area contributed by atoms with Crippen molar-refractivity contribution in [3.05, 3.63) is 60.0 Å². The molecule has 0 aliphatic carbocycles. The summed E-state index contributed by atoms with van der Waals surface area (Å²) >= 11 is 0. The minimum absolute atomic E-state index is 0.449. The molecule has 0 aliphatic heterocycles. The minimum atomic E-state index is -1.13. The third kappa shape index (κ3) is 3.04. The molecule has 0 spiro atoms. The molecular weight excluding hydrogens is 292 g/mol. The van der Waals surface area contributed by atoms with Crippen molar-refractivity contribution in [1.29, 1.82) is 5.26 Å². The Hall–Kier alpha value is -3.59. The van der Waals surface area contributed by atoms with E-state index in [0.29, 0.717) is 16.8 Å². The Kier molecular flexibility index (Phi) is 3.77. The van der Waals surface area contributed by atoms with Gasteiger partial charge in [0.2, 0.25) is 0 Å². The average molecular weight is 304 g/mol. The number of aromatic nitrogens is 2. The summed E-state index contributed by atoms with van der Waals surface area (Å²) in [4.78, 5) is 17.9. The molecule has 2 aromatic heterocycles. The monoisotopic (exact) mass is 304 g/mol. The summed E-state index contributed by atoms with van der Waals surface area (Å²) in [6.45, 7) is 0. The van der Waals surface area contributed by atoms with Crippen LogP contribution in [0.5, 0.6) is 0 Å². The lowest BCUT2D eigenvalue weighted by atomic mass is 10.0. The number of pyridine rings is 1. The Morgan fingerprint density at radius 1 is 1.39 bits per heavy atom. The molecule has 0 saturated heterocycles. The SMILES string of the molecule is N#CC(=Cc1cccnc1)c1c[nH]c2ccc(NC(=O)O)cc12. The van der Waals surface area contributed by atoms with Gasteiger partial charge < -0.3 is 10.1 Å². The predicted molar refractivity (Wildman–Crippen MR) is 87.7 cm³/mol. The lowest BCUT2D eigenvalue weighted by molar-refractivity contribution is 0.210. The van der Waals surface area contributed by atoms with Gasteiger partial charge in [0.25, 0.3) is 0 Å². The van der Waals surface area contributed by atoms with E-state index in [-0.39, 0.29) is 0 Å². The molecule has 6 nitrogen and oxygen atoms in total. The van der Waals surface area contributed by atoms with Gasteiger partial charge in [0, 0.05) is 40.7 Å². The van der Waals surface area contributed by atoms with Crippen molar-refractivity contribution < 1.29 is 9.90 Å². The van der Waals surface area contributed by atoms with E-state index in [9.17, 15) is 10.1 Å². The first-order valence-electron chi connectivity index (χ1n) is 6.80. The first-order chi connectivity index (χ1) is 11.2. The number of H-pyrrole nitrogens is 1. The Morgan fingerprint density at radius 2 is 2.26 bits per heavy atom. The van der Waals surface area contributed by atoms with Gasteiger partial charge in [-0.15, -0.1) is 0 Å². The molecular formula is C17H12N4O2. The molecule has 0 aliphatic rings. The summed E-state index contributed by atoms with van der Waals surface area (Å²) in [5.74, 6) is 0.